The van der Waals surface area contributed by atoms with Crippen LogP contribution in [0.4, 0.5) is 0 Å². The molecule has 0 atom stereocenters. The lowest BCUT2D eigenvalue weighted by Gasteiger charge is -1.22. The molecule has 0 fully saturated rings. The quantitative estimate of drug-likeness (QED) is 0.375. The summed E-state index contributed by atoms with van der Waals surface area (Å²) in [7, 11) is 0. The van der Waals surface area contributed by atoms with Gasteiger partial charge in [-0.1, -0.05) is 0 Å². The van der Waals surface area contributed by atoms with Gasteiger partial charge in [-0.2, -0.15) is 0 Å². The van der Waals surface area contributed by atoms with Crippen molar-refractivity contribution in [1.82, 2.24) is 0 Å². The zero-order valence-electron chi connectivity index (χ0n) is 2.63. The van der Waals surface area contributed by atoms with Crippen LogP contribution >= 0.6 is 0 Å². The molecule has 0 bridgehead atoms. The van der Waals surface area contributed by atoms with E-state index >= 15 is 0 Å². The molecule has 2 nitrogen and oxygen atoms in total. The van der Waals surface area contributed by atoms with E-state index in [1.807, 2.05) is 10.0 Å². The molecule has 0 aliphatic carbocycles. The average molecular weight is 120 g/mol. The lowest BCUT2D eigenvalue weighted by molar-refractivity contribution is 0.700. The molecule has 0 N–H and O–H groups in total. The molecule has 0 unspecified atom stereocenters. The first-order chi connectivity index (χ1) is 2.91. The van der Waals surface area contributed by atoms with Gasteiger partial charge in [0.2, 0.25) is 0 Å². The molecule has 0 saturated carbocycles. The Hall–Kier alpha value is -0.400. The van der Waals surface area contributed by atoms with Gasteiger partial charge < -0.3 is 0 Å². The van der Waals surface area contributed by atoms with Gasteiger partial charge in [-0.05, 0) is 0 Å². The van der Waals surface area contributed by atoms with E-state index in [4.69, 9.17) is 0 Å². The van der Waals surface area contributed by atoms with E-state index in [1.54, 1.807) is 0 Å². The molecule has 4 heteroatoms. The van der Waals surface area contributed by atoms with Crippen molar-refractivity contribution in [3.63, 3.8) is 0 Å². The molecule has 0 aliphatic heterocycles. The van der Waals surface area contributed by atoms with E-state index in [2.05, 4.69) is 0 Å². The van der Waals surface area contributed by atoms with Crippen molar-refractivity contribution >= 4 is 32.6 Å². The van der Waals surface area contributed by atoms with Gasteiger partial charge in [-0.15, -0.1) is 0 Å². The minimum absolute atomic E-state index is 0.0943. The summed E-state index contributed by atoms with van der Waals surface area (Å²) in [5.41, 5.74) is 0. The molecule has 0 amide bonds. The van der Waals surface area contributed by atoms with Gasteiger partial charge >= 0.3 is 0 Å². The van der Waals surface area contributed by atoms with Crippen LogP contribution in [0.5, 0.6) is 0 Å². The number of hydrogen-bond donors (Lipinski definition) is 0. The van der Waals surface area contributed by atoms with Crippen LogP contribution in [0.3, 0.4) is 0 Å². The van der Waals surface area contributed by atoms with Gasteiger partial charge in [0.05, 0.1) is 10.0 Å². The van der Waals surface area contributed by atoms with Crippen LogP contribution in [0.15, 0.2) is 0 Å². The Morgan fingerprint density at radius 1 is 1.00 bits per heavy atom. The van der Waals surface area contributed by atoms with Gasteiger partial charge in [-0.25, -0.2) is 8.42 Å². The van der Waals surface area contributed by atoms with E-state index in [-0.39, 0.29) is 22.5 Å². The van der Waals surface area contributed by atoms with E-state index in [1.165, 1.54) is 0 Å². The molecule has 0 aromatic heterocycles. The maximum absolute atomic E-state index is 9.28. The normalized spacial score (nSPS) is 4.67. The molecule has 6 heavy (non-hydrogen) atoms. The van der Waals surface area contributed by atoms with Crippen LogP contribution in [0.2, 0.25) is 0 Å². The Kier molecular flexibility index (Phi) is 4.29. The fourth-order valence-corrected chi connectivity index (χ4v) is 0.306. The first kappa shape index (κ1) is 5.60. The van der Waals surface area contributed by atoms with Crippen molar-refractivity contribution in [3.05, 3.63) is 0 Å². The van der Waals surface area contributed by atoms with Crippen molar-refractivity contribution in [1.29, 1.82) is 0 Å². The largest absolute Gasteiger partial charge is 0.202 e. The molecular formula is C2O2S2. The van der Waals surface area contributed by atoms with Crippen LogP contribution in [0, 0.1) is 0 Å². The molecule has 32 valence electrons. The second kappa shape index (κ2) is 4.60. The van der Waals surface area contributed by atoms with Crippen LogP contribution in [-0.4, -0.2) is 18.5 Å². The van der Waals surface area contributed by atoms with Crippen molar-refractivity contribution in [2.24, 2.45) is 0 Å². The standard InChI is InChI=1S/C2O2S2/c3-5-1-2-6-4. The van der Waals surface area contributed by atoms with Gasteiger partial charge in [0.25, 0.3) is 0 Å². The third-order valence-electron chi connectivity index (χ3n) is 0.125. The van der Waals surface area contributed by atoms with Crippen molar-refractivity contribution < 1.29 is 8.42 Å². The monoisotopic (exact) mass is 120 g/mol. The minimum atomic E-state index is 0.0943. The van der Waals surface area contributed by atoms with Crippen molar-refractivity contribution in [2.45, 2.75) is 0 Å². The molecule has 0 saturated heterocycles. The molecular weight excluding hydrogens is 120 g/mol. The zero-order valence-corrected chi connectivity index (χ0v) is 4.27. The van der Waals surface area contributed by atoms with Gasteiger partial charge in [0.15, 0.2) is 22.5 Å². The smallest absolute Gasteiger partial charge is 0.152 e. The summed E-state index contributed by atoms with van der Waals surface area (Å²) in [5, 5.41) is 3.92. The summed E-state index contributed by atoms with van der Waals surface area (Å²) in [6, 6.07) is 0. The van der Waals surface area contributed by atoms with E-state index < -0.39 is 0 Å². The Balaban J connectivity index is 4.68. The lowest BCUT2D eigenvalue weighted by Crippen LogP contribution is -1.47. The Labute approximate surface area is 41.6 Å². The second-order valence-electron chi connectivity index (χ2n) is 0.371. The number of hydrogen-bond acceptors (Lipinski definition) is 2. The van der Waals surface area contributed by atoms with E-state index in [0.717, 1.165) is 0 Å². The van der Waals surface area contributed by atoms with Crippen molar-refractivity contribution in [3.8, 4) is 0 Å². The fourth-order valence-electron chi connectivity index (χ4n) is 0.0340. The van der Waals surface area contributed by atoms with Crippen LogP contribution in [0.25, 0.3) is 0 Å². The lowest BCUT2D eigenvalue weighted by atomic mass is 11.3. The summed E-state index contributed by atoms with van der Waals surface area (Å²) in [4.78, 5) is 0. The molecule has 0 heterocycles. The van der Waals surface area contributed by atoms with Gasteiger partial charge in [0, 0.05) is 0 Å². The zero-order chi connectivity index (χ0) is 4.83. The molecule has 0 rings (SSSR count). The highest BCUT2D eigenvalue weighted by Crippen LogP contribution is 1.10. The predicted molar refractivity (Wildman–Crippen MR) is 26.3 cm³/mol. The topological polar surface area (TPSA) is 34.1 Å². The molecule has 0 spiro atoms. The number of rotatable bonds is 0. The van der Waals surface area contributed by atoms with E-state index in [9.17, 15) is 8.42 Å². The molecule has 0 radical (unpaired) electrons. The third kappa shape index (κ3) is 3.60. The highest BCUT2D eigenvalue weighted by atomic mass is 32.1. The van der Waals surface area contributed by atoms with Crippen molar-refractivity contribution in [2.75, 3.05) is 0 Å². The van der Waals surface area contributed by atoms with Crippen LogP contribution in [-0.2, 0) is 22.5 Å². The summed E-state index contributed by atoms with van der Waals surface area (Å²) in [6.07, 6.45) is 0. The Morgan fingerprint density at radius 2 is 1.33 bits per heavy atom. The maximum atomic E-state index is 9.28. The summed E-state index contributed by atoms with van der Waals surface area (Å²) in [5.74, 6) is 0. The SMILES string of the molecule is O=S=C=C=S=O. The Bertz CT molecular complexity index is 142. The summed E-state index contributed by atoms with van der Waals surface area (Å²) in [6.45, 7) is 0. The first-order valence-corrected chi connectivity index (χ1v) is 2.47. The molecule has 0 aromatic rings. The molecule has 0 aliphatic rings. The fraction of sp³-hybridized carbons (Fsp3) is 0. The predicted octanol–water partition coefficient (Wildman–Crippen LogP) is -1.23. The van der Waals surface area contributed by atoms with Gasteiger partial charge in [0.1, 0.15) is 0 Å². The Morgan fingerprint density at radius 3 is 1.50 bits per heavy atom. The van der Waals surface area contributed by atoms with E-state index in [0.29, 0.717) is 0 Å². The summed E-state index contributed by atoms with van der Waals surface area (Å²) < 4.78 is 18.6. The van der Waals surface area contributed by atoms with Crippen LogP contribution < -0.4 is 0 Å². The minimum Gasteiger partial charge on any atom is -0.202 e. The first-order valence-electron chi connectivity index (χ1n) is 0.992. The third-order valence-corrected chi connectivity index (χ3v) is 0.625. The summed E-state index contributed by atoms with van der Waals surface area (Å²) >= 11 is 0.189. The van der Waals surface area contributed by atoms with Crippen LogP contribution in [0.1, 0.15) is 0 Å². The average Bonchev–Trinajstić information content (AvgIpc) is 1.61. The second-order valence-corrected chi connectivity index (χ2v) is 1.11. The highest BCUT2D eigenvalue weighted by Gasteiger charge is 1.34. The maximum Gasteiger partial charge on any atom is 0.152 e. The van der Waals surface area contributed by atoms with Gasteiger partial charge in [-0.3, -0.25) is 0 Å². The molecule has 0 aromatic carbocycles. The highest BCUT2D eigenvalue weighted by molar-refractivity contribution is 7.69.